The number of benzene rings is 1. The Hall–Kier alpha value is -1.66. The minimum Gasteiger partial charge on any atom is -0.394 e. The number of rotatable bonds is 4. The Kier molecular flexibility index (Phi) is 4.34. The number of para-hydroxylation sites is 1. The Morgan fingerprint density at radius 2 is 2.26 bits per heavy atom. The maximum Gasteiger partial charge on any atom is 0.317 e. The summed E-state index contributed by atoms with van der Waals surface area (Å²) in [5, 5.41) is 12.7. The van der Waals surface area contributed by atoms with Gasteiger partial charge in [0.2, 0.25) is 0 Å². The van der Waals surface area contributed by atoms with Crippen LogP contribution < -0.4 is 5.32 Å². The highest BCUT2D eigenvalue weighted by atomic mass is 32.1. The molecule has 0 fully saturated rings. The predicted molar refractivity (Wildman–Crippen MR) is 76.2 cm³/mol. The van der Waals surface area contributed by atoms with Crippen LogP contribution >= 0.6 is 11.3 Å². The minimum atomic E-state index is -0.208. The summed E-state index contributed by atoms with van der Waals surface area (Å²) in [5.74, 6) is 0. The second kappa shape index (κ2) is 5.99. The lowest BCUT2D eigenvalue weighted by Crippen LogP contribution is -2.43. The summed E-state index contributed by atoms with van der Waals surface area (Å²) in [7, 11) is 1.66. The first-order valence-electron chi connectivity index (χ1n) is 6.07. The number of thiazole rings is 1. The van der Waals surface area contributed by atoms with Crippen molar-refractivity contribution in [3.8, 4) is 0 Å². The summed E-state index contributed by atoms with van der Waals surface area (Å²) in [4.78, 5) is 17.7. The molecule has 2 N–H and O–H groups in total. The molecule has 0 saturated carbocycles. The highest BCUT2D eigenvalue weighted by Gasteiger charge is 2.14. The minimum absolute atomic E-state index is 0.0505. The van der Waals surface area contributed by atoms with Gasteiger partial charge in [0.1, 0.15) is 5.01 Å². The van der Waals surface area contributed by atoms with Crippen molar-refractivity contribution in [1.82, 2.24) is 15.2 Å². The van der Waals surface area contributed by atoms with E-state index in [1.165, 1.54) is 4.90 Å². The predicted octanol–water partition coefficient (Wildman–Crippen LogP) is 1.82. The summed E-state index contributed by atoms with van der Waals surface area (Å²) < 4.78 is 1.11. The molecule has 0 radical (unpaired) electrons. The topological polar surface area (TPSA) is 65.5 Å². The average Bonchev–Trinajstić information content (AvgIpc) is 2.85. The standard InChI is InChI=1S/C13H17N3O2S/c1-9(8-17)16(2)13(18)14-7-12-15-10-5-3-4-6-11(10)19-12/h3-6,9,17H,7-8H2,1-2H3,(H,14,18). The fraction of sp³-hybridized carbons (Fsp3) is 0.385. The van der Waals surface area contributed by atoms with Crippen LogP contribution in [0.1, 0.15) is 11.9 Å². The van der Waals surface area contributed by atoms with E-state index in [1.54, 1.807) is 25.3 Å². The van der Waals surface area contributed by atoms with Crippen molar-refractivity contribution in [2.24, 2.45) is 0 Å². The summed E-state index contributed by atoms with van der Waals surface area (Å²) in [6, 6.07) is 7.48. The molecule has 1 aromatic heterocycles. The fourth-order valence-corrected chi connectivity index (χ4v) is 2.50. The molecule has 2 rings (SSSR count). The molecule has 1 atom stereocenters. The number of amides is 2. The van der Waals surface area contributed by atoms with Crippen LogP contribution in [0.5, 0.6) is 0 Å². The third-order valence-electron chi connectivity index (χ3n) is 2.97. The lowest BCUT2D eigenvalue weighted by atomic mass is 10.3. The van der Waals surface area contributed by atoms with E-state index in [1.807, 2.05) is 24.3 Å². The maximum atomic E-state index is 11.8. The molecule has 2 aromatic rings. The molecule has 1 aromatic carbocycles. The van der Waals surface area contributed by atoms with Crippen LogP contribution in [0.4, 0.5) is 4.79 Å². The average molecular weight is 279 g/mol. The Bertz CT molecular complexity index is 537. The molecule has 1 unspecified atom stereocenters. The van der Waals surface area contributed by atoms with Crippen molar-refractivity contribution in [2.45, 2.75) is 19.5 Å². The van der Waals surface area contributed by atoms with Gasteiger partial charge >= 0.3 is 6.03 Å². The monoisotopic (exact) mass is 279 g/mol. The number of fused-ring (bicyclic) bond motifs is 1. The van der Waals surface area contributed by atoms with Gasteiger partial charge in [-0.15, -0.1) is 11.3 Å². The van der Waals surface area contributed by atoms with E-state index < -0.39 is 0 Å². The molecule has 0 aliphatic rings. The van der Waals surface area contributed by atoms with Gasteiger partial charge in [-0.05, 0) is 19.1 Å². The highest BCUT2D eigenvalue weighted by molar-refractivity contribution is 7.18. The van der Waals surface area contributed by atoms with Crippen molar-refractivity contribution in [2.75, 3.05) is 13.7 Å². The highest BCUT2D eigenvalue weighted by Crippen LogP contribution is 2.21. The van der Waals surface area contributed by atoms with Gasteiger partial charge in [-0.25, -0.2) is 9.78 Å². The molecule has 0 saturated heterocycles. The van der Waals surface area contributed by atoms with Gasteiger partial charge in [0.25, 0.3) is 0 Å². The second-order valence-electron chi connectivity index (χ2n) is 4.38. The summed E-state index contributed by atoms with van der Waals surface area (Å²) in [6.45, 7) is 2.14. The van der Waals surface area contributed by atoms with E-state index in [2.05, 4.69) is 10.3 Å². The molecule has 0 aliphatic carbocycles. The van der Waals surface area contributed by atoms with Crippen molar-refractivity contribution in [3.63, 3.8) is 0 Å². The number of carbonyl (C=O) groups is 1. The third-order valence-corrected chi connectivity index (χ3v) is 4.01. The molecule has 0 bridgehead atoms. The first kappa shape index (κ1) is 13.8. The Labute approximate surface area is 115 Å². The number of aliphatic hydroxyl groups is 1. The number of aromatic nitrogens is 1. The van der Waals surface area contributed by atoms with Crippen molar-refractivity contribution < 1.29 is 9.90 Å². The number of hydrogen-bond acceptors (Lipinski definition) is 4. The van der Waals surface area contributed by atoms with Gasteiger partial charge in [0.15, 0.2) is 0 Å². The van der Waals surface area contributed by atoms with Crippen LogP contribution in [0, 0.1) is 0 Å². The molecule has 102 valence electrons. The Balaban J connectivity index is 1.96. The molecular weight excluding hydrogens is 262 g/mol. The zero-order valence-electron chi connectivity index (χ0n) is 11.0. The number of hydrogen-bond donors (Lipinski definition) is 2. The van der Waals surface area contributed by atoms with Crippen molar-refractivity contribution >= 4 is 27.6 Å². The van der Waals surface area contributed by atoms with E-state index in [0.717, 1.165) is 15.2 Å². The van der Waals surface area contributed by atoms with Crippen molar-refractivity contribution in [3.05, 3.63) is 29.3 Å². The number of nitrogens with zero attached hydrogens (tertiary/aromatic N) is 2. The number of urea groups is 1. The SMILES string of the molecule is CC(CO)N(C)C(=O)NCc1nc2ccccc2s1. The van der Waals surface area contributed by atoms with E-state index >= 15 is 0 Å². The summed E-state index contributed by atoms with van der Waals surface area (Å²) in [6.07, 6.45) is 0. The van der Waals surface area contributed by atoms with Gasteiger partial charge in [-0.2, -0.15) is 0 Å². The second-order valence-corrected chi connectivity index (χ2v) is 5.49. The van der Waals surface area contributed by atoms with E-state index in [-0.39, 0.29) is 18.7 Å². The molecule has 0 aliphatic heterocycles. The van der Waals surface area contributed by atoms with Gasteiger partial charge in [0, 0.05) is 7.05 Å². The lowest BCUT2D eigenvalue weighted by Gasteiger charge is -2.23. The van der Waals surface area contributed by atoms with Crippen LogP contribution in [0.2, 0.25) is 0 Å². The summed E-state index contributed by atoms with van der Waals surface area (Å²) in [5.41, 5.74) is 0.953. The molecule has 6 heteroatoms. The molecule has 0 spiro atoms. The first-order chi connectivity index (χ1) is 9.11. The Morgan fingerprint density at radius 1 is 1.53 bits per heavy atom. The molecular formula is C13H17N3O2S. The molecule has 2 amide bonds. The van der Waals surface area contributed by atoms with Crippen LogP contribution in [-0.2, 0) is 6.54 Å². The lowest BCUT2D eigenvalue weighted by molar-refractivity contribution is 0.157. The first-order valence-corrected chi connectivity index (χ1v) is 6.89. The van der Waals surface area contributed by atoms with Gasteiger partial charge < -0.3 is 15.3 Å². The molecule has 5 nitrogen and oxygen atoms in total. The number of carbonyl (C=O) groups excluding carboxylic acids is 1. The normalized spacial score (nSPS) is 12.4. The molecule has 19 heavy (non-hydrogen) atoms. The Morgan fingerprint density at radius 3 is 2.95 bits per heavy atom. The van der Waals surface area contributed by atoms with Crippen LogP contribution in [0.25, 0.3) is 10.2 Å². The molecule has 1 heterocycles. The van der Waals surface area contributed by atoms with E-state index in [4.69, 9.17) is 5.11 Å². The smallest absolute Gasteiger partial charge is 0.317 e. The maximum absolute atomic E-state index is 11.8. The largest absolute Gasteiger partial charge is 0.394 e. The van der Waals surface area contributed by atoms with Crippen LogP contribution in [0.3, 0.4) is 0 Å². The number of aliphatic hydroxyl groups excluding tert-OH is 1. The van der Waals surface area contributed by atoms with E-state index in [0.29, 0.717) is 6.54 Å². The van der Waals surface area contributed by atoms with E-state index in [9.17, 15) is 4.79 Å². The quantitative estimate of drug-likeness (QED) is 0.897. The van der Waals surface area contributed by atoms with Gasteiger partial charge in [-0.1, -0.05) is 12.1 Å². The van der Waals surface area contributed by atoms with Crippen molar-refractivity contribution in [1.29, 1.82) is 0 Å². The van der Waals surface area contributed by atoms with Gasteiger partial charge in [-0.3, -0.25) is 0 Å². The van der Waals surface area contributed by atoms with Crippen LogP contribution in [0.15, 0.2) is 24.3 Å². The number of likely N-dealkylation sites (N-methyl/N-ethyl adjacent to an activating group) is 1. The number of nitrogens with one attached hydrogen (secondary N) is 1. The summed E-state index contributed by atoms with van der Waals surface area (Å²) >= 11 is 1.57. The van der Waals surface area contributed by atoms with Gasteiger partial charge in [0.05, 0.1) is 29.4 Å². The van der Waals surface area contributed by atoms with Crippen LogP contribution in [-0.4, -0.2) is 40.7 Å². The fourth-order valence-electron chi connectivity index (χ4n) is 1.59. The third kappa shape index (κ3) is 3.21. The zero-order valence-corrected chi connectivity index (χ0v) is 11.8. The zero-order chi connectivity index (χ0) is 13.8.